The van der Waals surface area contributed by atoms with Crippen LogP contribution < -0.4 is 10.3 Å². The van der Waals surface area contributed by atoms with Crippen LogP contribution >= 0.6 is 11.6 Å². The third-order valence-corrected chi connectivity index (χ3v) is 4.91. The summed E-state index contributed by atoms with van der Waals surface area (Å²) in [6, 6.07) is 24.3. The Morgan fingerprint density at radius 2 is 1.57 bits per heavy atom. The molecule has 0 amide bonds. The molecule has 0 radical (unpaired) electrons. The van der Waals surface area contributed by atoms with Gasteiger partial charge in [-0.05, 0) is 48.5 Å². The molecule has 0 aliphatic carbocycles. The second-order valence-corrected chi connectivity index (χ2v) is 7.13. The van der Waals surface area contributed by atoms with Gasteiger partial charge in [0, 0.05) is 10.6 Å². The van der Waals surface area contributed by atoms with Gasteiger partial charge in [0.2, 0.25) is 0 Å². The molecule has 0 aliphatic rings. The minimum atomic E-state index is -0.0883. The zero-order chi connectivity index (χ0) is 20.8. The number of hydrogen-bond donors (Lipinski definition) is 0. The fourth-order valence-corrected chi connectivity index (χ4v) is 3.31. The standard InChI is InChI=1S/C24H21ClN2O3/c25-19-12-10-18(11-13-19)23-26-22-9-5-4-8-21(22)24(28)27(23)14-15-29-16-17-30-20-6-2-1-3-7-20/h1-13H,14-17H2. The summed E-state index contributed by atoms with van der Waals surface area (Å²) < 4.78 is 13.0. The first kappa shape index (κ1) is 20.1. The molecule has 0 unspecified atom stereocenters. The Hall–Kier alpha value is -3.15. The minimum absolute atomic E-state index is 0.0883. The summed E-state index contributed by atoms with van der Waals surface area (Å²) in [5.41, 5.74) is 1.41. The van der Waals surface area contributed by atoms with Crippen molar-refractivity contribution in [3.63, 3.8) is 0 Å². The molecule has 4 aromatic rings. The van der Waals surface area contributed by atoms with E-state index in [1.807, 2.05) is 60.7 Å². The van der Waals surface area contributed by atoms with Crippen molar-refractivity contribution in [1.29, 1.82) is 0 Å². The van der Waals surface area contributed by atoms with E-state index in [2.05, 4.69) is 0 Å². The highest BCUT2D eigenvalue weighted by Gasteiger charge is 2.12. The van der Waals surface area contributed by atoms with Gasteiger partial charge in [-0.2, -0.15) is 0 Å². The second kappa shape index (κ2) is 9.57. The van der Waals surface area contributed by atoms with Crippen LogP contribution in [-0.4, -0.2) is 29.4 Å². The number of benzene rings is 3. The lowest BCUT2D eigenvalue weighted by molar-refractivity contribution is 0.0941. The van der Waals surface area contributed by atoms with E-state index >= 15 is 0 Å². The van der Waals surface area contributed by atoms with Crippen molar-refractivity contribution >= 4 is 22.5 Å². The fourth-order valence-electron chi connectivity index (χ4n) is 3.19. The molecular weight excluding hydrogens is 400 g/mol. The van der Waals surface area contributed by atoms with Crippen LogP contribution in [0.25, 0.3) is 22.3 Å². The molecule has 0 saturated carbocycles. The van der Waals surface area contributed by atoms with Crippen molar-refractivity contribution in [1.82, 2.24) is 9.55 Å². The van der Waals surface area contributed by atoms with Crippen molar-refractivity contribution in [3.8, 4) is 17.1 Å². The lowest BCUT2D eigenvalue weighted by Crippen LogP contribution is -2.26. The monoisotopic (exact) mass is 420 g/mol. The first-order valence-electron chi connectivity index (χ1n) is 9.73. The smallest absolute Gasteiger partial charge is 0.261 e. The van der Waals surface area contributed by atoms with Gasteiger partial charge in [-0.15, -0.1) is 0 Å². The van der Waals surface area contributed by atoms with Gasteiger partial charge >= 0.3 is 0 Å². The van der Waals surface area contributed by atoms with Gasteiger partial charge in [0.25, 0.3) is 5.56 Å². The molecule has 0 aliphatic heterocycles. The van der Waals surface area contributed by atoms with Gasteiger partial charge in [0.05, 0.1) is 30.7 Å². The van der Waals surface area contributed by atoms with Crippen molar-refractivity contribution in [3.05, 3.63) is 94.2 Å². The van der Waals surface area contributed by atoms with Gasteiger partial charge in [-0.1, -0.05) is 41.9 Å². The molecule has 0 N–H and O–H groups in total. The number of fused-ring (bicyclic) bond motifs is 1. The number of rotatable bonds is 8. The van der Waals surface area contributed by atoms with Crippen LogP contribution in [0.3, 0.4) is 0 Å². The minimum Gasteiger partial charge on any atom is -0.491 e. The second-order valence-electron chi connectivity index (χ2n) is 6.69. The lowest BCUT2D eigenvalue weighted by Gasteiger charge is -2.14. The molecule has 5 nitrogen and oxygen atoms in total. The largest absolute Gasteiger partial charge is 0.491 e. The molecule has 6 heteroatoms. The average Bonchev–Trinajstić information content (AvgIpc) is 2.78. The maximum atomic E-state index is 13.1. The van der Waals surface area contributed by atoms with Crippen LogP contribution in [0.2, 0.25) is 5.02 Å². The van der Waals surface area contributed by atoms with Crippen molar-refractivity contribution in [2.75, 3.05) is 19.8 Å². The number of aromatic nitrogens is 2. The van der Waals surface area contributed by atoms with Gasteiger partial charge in [-0.3, -0.25) is 9.36 Å². The Kier molecular flexibility index (Phi) is 6.42. The van der Waals surface area contributed by atoms with E-state index in [4.69, 9.17) is 26.1 Å². The zero-order valence-electron chi connectivity index (χ0n) is 16.3. The third kappa shape index (κ3) is 4.70. The van der Waals surface area contributed by atoms with Gasteiger partial charge < -0.3 is 9.47 Å². The van der Waals surface area contributed by atoms with Crippen LogP contribution in [0.1, 0.15) is 0 Å². The van der Waals surface area contributed by atoms with E-state index in [1.165, 1.54) is 0 Å². The topological polar surface area (TPSA) is 53.4 Å². The molecule has 0 fully saturated rings. The number of ether oxygens (including phenoxy) is 2. The molecule has 1 heterocycles. The highest BCUT2D eigenvalue weighted by molar-refractivity contribution is 6.30. The predicted octanol–water partition coefficient (Wildman–Crippen LogP) is 4.81. The molecule has 0 saturated heterocycles. The number of nitrogens with zero attached hydrogens (tertiary/aromatic N) is 2. The van der Waals surface area contributed by atoms with Crippen molar-refractivity contribution in [2.24, 2.45) is 0 Å². The summed E-state index contributed by atoms with van der Waals surface area (Å²) in [5, 5.41) is 1.22. The zero-order valence-corrected chi connectivity index (χ0v) is 17.1. The van der Waals surface area contributed by atoms with Crippen molar-refractivity contribution < 1.29 is 9.47 Å². The molecule has 152 valence electrons. The molecule has 3 aromatic carbocycles. The Morgan fingerprint density at radius 3 is 2.37 bits per heavy atom. The van der Waals surface area contributed by atoms with Gasteiger partial charge in [0.1, 0.15) is 18.2 Å². The fraction of sp³-hybridized carbons (Fsp3) is 0.167. The molecule has 1 aromatic heterocycles. The summed E-state index contributed by atoms with van der Waals surface area (Å²) in [4.78, 5) is 17.8. The highest BCUT2D eigenvalue weighted by Crippen LogP contribution is 2.21. The van der Waals surface area contributed by atoms with Crippen LogP contribution in [0, 0.1) is 0 Å². The third-order valence-electron chi connectivity index (χ3n) is 4.66. The Bertz CT molecular complexity index is 1170. The first-order valence-corrected chi connectivity index (χ1v) is 10.1. The lowest BCUT2D eigenvalue weighted by atomic mass is 10.2. The summed E-state index contributed by atoms with van der Waals surface area (Å²) in [5.74, 6) is 1.40. The van der Waals surface area contributed by atoms with E-state index in [9.17, 15) is 4.79 Å². The highest BCUT2D eigenvalue weighted by atomic mass is 35.5. The molecule has 0 bridgehead atoms. The maximum absolute atomic E-state index is 13.1. The van der Waals surface area contributed by atoms with Gasteiger partial charge in [0.15, 0.2) is 0 Å². The molecule has 0 spiro atoms. The van der Waals surface area contributed by atoms with Crippen LogP contribution in [0.15, 0.2) is 83.7 Å². The van der Waals surface area contributed by atoms with E-state index in [1.54, 1.807) is 22.8 Å². The van der Waals surface area contributed by atoms with E-state index < -0.39 is 0 Å². The Balaban J connectivity index is 1.49. The van der Waals surface area contributed by atoms with Crippen molar-refractivity contribution in [2.45, 2.75) is 6.54 Å². The summed E-state index contributed by atoms with van der Waals surface area (Å²) in [6.07, 6.45) is 0. The average molecular weight is 421 g/mol. The summed E-state index contributed by atoms with van der Waals surface area (Å²) in [6.45, 7) is 1.64. The van der Waals surface area contributed by atoms with E-state index in [0.29, 0.717) is 48.1 Å². The number of halogens is 1. The quantitative estimate of drug-likeness (QED) is 0.384. The predicted molar refractivity (Wildman–Crippen MR) is 119 cm³/mol. The van der Waals surface area contributed by atoms with Gasteiger partial charge in [-0.25, -0.2) is 4.98 Å². The summed E-state index contributed by atoms with van der Waals surface area (Å²) in [7, 11) is 0. The van der Waals surface area contributed by atoms with Crippen LogP contribution in [0.5, 0.6) is 5.75 Å². The normalized spacial score (nSPS) is 11.0. The van der Waals surface area contributed by atoms with E-state index in [-0.39, 0.29) is 5.56 Å². The molecule has 4 rings (SSSR count). The molecule has 30 heavy (non-hydrogen) atoms. The maximum Gasteiger partial charge on any atom is 0.261 e. The Labute approximate surface area is 179 Å². The van der Waals surface area contributed by atoms with Crippen LogP contribution in [-0.2, 0) is 11.3 Å². The molecular formula is C24H21ClN2O3. The van der Waals surface area contributed by atoms with Crippen LogP contribution in [0.4, 0.5) is 0 Å². The first-order chi connectivity index (χ1) is 14.7. The Morgan fingerprint density at radius 1 is 0.833 bits per heavy atom. The SMILES string of the molecule is O=c1c2ccccc2nc(-c2ccc(Cl)cc2)n1CCOCCOc1ccccc1. The summed E-state index contributed by atoms with van der Waals surface area (Å²) >= 11 is 6.02. The number of hydrogen-bond acceptors (Lipinski definition) is 4. The van der Waals surface area contributed by atoms with E-state index in [0.717, 1.165) is 11.3 Å². The number of para-hydroxylation sites is 2. The molecule has 0 atom stereocenters.